The van der Waals surface area contributed by atoms with Gasteiger partial charge in [0.1, 0.15) is 18.5 Å². The molecule has 1 N–H and O–H groups in total. The minimum Gasteiger partial charge on any atom is -0.385 e. The number of ether oxygens (including phenoxy) is 1. The molecule has 1 saturated heterocycles. The second-order valence-corrected chi connectivity index (χ2v) is 9.73. The molecule has 1 aliphatic heterocycles. The number of rotatable bonds is 6. The number of ketones is 1. The highest BCUT2D eigenvalue weighted by Crippen LogP contribution is 2.36. The first-order chi connectivity index (χ1) is 18.7. The van der Waals surface area contributed by atoms with Crippen LogP contribution in [0.5, 0.6) is 0 Å². The van der Waals surface area contributed by atoms with Crippen LogP contribution in [0.25, 0.3) is 0 Å². The molecule has 0 radical (unpaired) electrons. The Bertz CT molecular complexity index is 1180. The van der Waals surface area contributed by atoms with Crippen LogP contribution in [-0.2, 0) is 28.4 Å². The zero-order valence-corrected chi connectivity index (χ0v) is 21.3. The van der Waals surface area contributed by atoms with E-state index >= 15 is 0 Å². The maximum absolute atomic E-state index is 13.0. The average molecular weight is 577 g/mol. The van der Waals surface area contributed by atoms with E-state index in [1.165, 1.54) is 18.2 Å². The van der Waals surface area contributed by atoms with Gasteiger partial charge in [0, 0.05) is 43.6 Å². The van der Waals surface area contributed by atoms with E-state index in [0.717, 1.165) is 24.2 Å². The Balaban J connectivity index is 0.000000232. The molecule has 40 heavy (non-hydrogen) atoms. The van der Waals surface area contributed by atoms with Gasteiger partial charge < -0.3 is 14.7 Å². The van der Waals surface area contributed by atoms with Crippen molar-refractivity contribution in [3.8, 4) is 0 Å². The van der Waals surface area contributed by atoms with Gasteiger partial charge in [0.25, 0.3) is 0 Å². The van der Waals surface area contributed by atoms with E-state index in [2.05, 4.69) is 5.18 Å². The molecule has 1 aliphatic carbocycles. The van der Waals surface area contributed by atoms with Crippen molar-refractivity contribution >= 4 is 5.78 Å². The Kier molecular flexibility index (Phi) is 10.1. The number of alkyl halides is 6. The third kappa shape index (κ3) is 8.59. The van der Waals surface area contributed by atoms with Crippen molar-refractivity contribution in [2.24, 2.45) is 11.1 Å². The lowest BCUT2D eigenvalue weighted by molar-refractivity contribution is -0.143. The predicted molar refractivity (Wildman–Crippen MR) is 130 cm³/mol. The first-order valence-corrected chi connectivity index (χ1v) is 12.2. The smallest absolute Gasteiger partial charge is 0.385 e. The zero-order chi connectivity index (χ0) is 29.7. The topological polar surface area (TPSA) is 79.2 Å². The van der Waals surface area contributed by atoms with Crippen molar-refractivity contribution < 1.29 is 45.4 Å². The van der Waals surface area contributed by atoms with Crippen LogP contribution >= 0.6 is 0 Å². The molecule has 3 unspecified atom stereocenters. The Hall–Kier alpha value is -3.32. The Labute approximate surface area is 225 Å². The number of hydrogen-bond donors (Lipinski definition) is 1. The minimum atomic E-state index is -4.90. The fourth-order valence-electron chi connectivity index (χ4n) is 4.58. The lowest BCUT2D eigenvalue weighted by Crippen LogP contribution is -2.33. The molecule has 4 rings (SSSR count). The van der Waals surface area contributed by atoms with E-state index in [1.807, 2.05) is 24.1 Å². The number of carbonyl (C=O) groups is 1. The lowest BCUT2D eigenvalue weighted by atomic mass is 9.87. The Morgan fingerprint density at radius 3 is 2.10 bits per heavy atom. The number of aliphatic hydroxyl groups excluding tert-OH is 1. The van der Waals surface area contributed by atoms with E-state index in [4.69, 9.17) is 4.74 Å². The van der Waals surface area contributed by atoms with Crippen LogP contribution in [0.3, 0.4) is 0 Å². The summed E-state index contributed by atoms with van der Waals surface area (Å²) < 4.78 is 92.6. The highest BCUT2D eigenvalue weighted by atomic mass is 19.4. The van der Waals surface area contributed by atoms with Crippen molar-refractivity contribution in [2.45, 2.75) is 43.8 Å². The molecular formula is C27H27F7N2O4. The number of hydrogen-bond acceptors (Lipinski definition) is 6. The van der Waals surface area contributed by atoms with E-state index in [9.17, 15) is 45.5 Å². The molecule has 1 heterocycles. The molecule has 0 spiro atoms. The average Bonchev–Trinajstić information content (AvgIpc) is 3.22. The van der Waals surface area contributed by atoms with E-state index in [0.29, 0.717) is 37.7 Å². The van der Waals surface area contributed by atoms with Crippen molar-refractivity contribution in [3.05, 3.63) is 87.2 Å². The monoisotopic (exact) mass is 576 g/mol. The van der Waals surface area contributed by atoms with Crippen LogP contribution in [0.1, 0.15) is 41.0 Å². The molecule has 0 amide bonds. The molecule has 2 aromatic carbocycles. The van der Waals surface area contributed by atoms with Gasteiger partial charge in [-0.15, -0.1) is 0 Å². The summed E-state index contributed by atoms with van der Waals surface area (Å²) in [6, 6.07) is 7.55. The second kappa shape index (κ2) is 12.9. The highest BCUT2D eigenvalue weighted by Gasteiger charge is 2.37. The van der Waals surface area contributed by atoms with Gasteiger partial charge in [-0.25, -0.2) is 4.39 Å². The van der Waals surface area contributed by atoms with E-state index in [1.54, 1.807) is 0 Å². The quantitative estimate of drug-likeness (QED) is 0.333. The number of carbonyl (C=O) groups excluding carboxylic acids is 1. The summed E-state index contributed by atoms with van der Waals surface area (Å²) in [5.41, 5.74) is -1.35. The lowest BCUT2D eigenvalue weighted by Gasteiger charge is -2.33. The molecule has 2 aromatic rings. The van der Waals surface area contributed by atoms with Gasteiger partial charge >= 0.3 is 12.4 Å². The van der Waals surface area contributed by atoms with Gasteiger partial charge in [-0.1, -0.05) is 17.3 Å². The van der Waals surface area contributed by atoms with Crippen LogP contribution < -0.4 is 0 Å². The van der Waals surface area contributed by atoms with Gasteiger partial charge in [0.2, 0.25) is 0 Å². The molecule has 218 valence electrons. The second-order valence-electron chi connectivity index (χ2n) is 9.73. The summed E-state index contributed by atoms with van der Waals surface area (Å²) in [7, 11) is 1.94. The van der Waals surface area contributed by atoms with Crippen molar-refractivity contribution in [1.82, 2.24) is 4.90 Å². The molecule has 13 heteroatoms. The summed E-state index contributed by atoms with van der Waals surface area (Å²) in [6.45, 7) is 1.38. The molecule has 3 atom stereocenters. The van der Waals surface area contributed by atoms with Crippen LogP contribution in [-0.4, -0.2) is 48.7 Å². The molecule has 0 saturated carbocycles. The van der Waals surface area contributed by atoms with E-state index in [-0.39, 0.29) is 23.6 Å². The molecule has 2 aliphatic rings. The van der Waals surface area contributed by atoms with Crippen LogP contribution in [0.2, 0.25) is 0 Å². The largest absolute Gasteiger partial charge is 0.416 e. The number of benzene rings is 2. The van der Waals surface area contributed by atoms with Crippen molar-refractivity contribution in [2.75, 3.05) is 26.8 Å². The predicted octanol–water partition coefficient (Wildman–Crippen LogP) is 6.09. The fraction of sp³-hybridized carbons (Fsp3) is 0.444. The van der Waals surface area contributed by atoms with Crippen LogP contribution in [0, 0.1) is 16.6 Å². The normalized spacial score (nSPS) is 21.4. The first-order valence-electron chi connectivity index (χ1n) is 12.2. The maximum Gasteiger partial charge on any atom is 0.416 e. The van der Waals surface area contributed by atoms with E-state index < -0.39 is 41.7 Å². The highest BCUT2D eigenvalue weighted by molar-refractivity contribution is 5.96. The maximum atomic E-state index is 13.0. The molecule has 0 bridgehead atoms. The standard InChI is InChI=1S/C18H22FNO3.C9H5F6NO/c1-20(16-7-17(21)18(22)8-16)9-12-6-14(11-23-10-12)13-2-4-15(19)5-3-13;10-8(11,12)6-1-5(4-16-17)2-7(3-6)9(13,14)15/h2-5,7,12,14,18,22H,6,8-11H2,1H3;1-3H,4H2. The van der Waals surface area contributed by atoms with Gasteiger partial charge in [0.15, 0.2) is 5.78 Å². The van der Waals surface area contributed by atoms with Crippen LogP contribution in [0.4, 0.5) is 30.7 Å². The third-order valence-corrected chi connectivity index (χ3v) is 6.59. The SMILES string of the molecule is CN(CC1COCC(c2ccc(F)cc2)C1)C1=CC(=O)C(O)C1.O=NCc1cc(C(F)(F)F)cc(C(F)(F)F)c1. The molecule has 0 aromatic heterocycles. The zero-order valence-electron chi connectivity index (χ0n) is 21.3. The van der Waals surface area contributed by atoms with Gasteiger partial charge in [-0.05, 0) is 47.9 Å². The first kappa shape index (κ1) is 31.2. The van der Waals surface area contributed by atoms with Crippen LogP contribution in [0.15, 0.2) is 59.4 Å². The Morgan fingerprint density at radius 2 is 1.60 bits per heavy atom. The fourth-order valence-corrected chi connectivity index (χ4v) is 4.58. The minimum absolute atomic E-state index is 0.00565. The van der Waals surface area contributed by atoms with Crippen molar-refractivity contribution in [3.63, 3.8) is 0 Å². The molecule has 1 fully saturated rings. The number of nitroso groups, excluding NO2 is 1. The summed E-state index contributed by atoms with van der Waals surface area (Å²) in [5.74, 6) is 0.180. The summed E-state index contributed by atoms with van der Waals surface area (Å²) in [4.78, 5) is 23.4. The summed E-state index contributed by atoms with van der Waals surface area (Å²) >= 11 is 0. The molecule has 6 nitrogen and oxygen atoms in total. The third-order valence-electron chi connectivity index (χ3n) is 6.59. The number of nitrogens with zero attached hydrogens (tertiary/aromatic N) is 2. The summed E-state index contributed by atoms with van der Waals surface area (Å²) in [5, 5.41) is 11.8. The number of halogens is 7. The van der Waals surface area contributed by atoms with Crippen molar-refractivity contribution in [1.29, 1.82) is 0 Å². The van der Waals surface area contributed by atoms with Gasteiger partial charge in [-0.3, -0.25) is 4.79 Å². The Morgan fingerprint density at radius 1 is 1.00 bits per heavy atom. The van der Waals surface area contributed by atoms with Gasteiger partial charge in [0.05, 0.1) is 24.3 Å². The summed E-state index contributed by atoms with van der Waals surface area (Å²) in [6.07, 6.45) is -7.80. The molecular weight excluding hydrogens is 549 g/mol. The van der Waals surface area contributed by atoms with Gasteiger partial charge in [-0.2, -0.15) is 31.2 Å². The number of aliphatic hydroxyl groups is 1.